The number of hydrogen-bond acceptors (Lipinski definition) is 6. The predicted octanol–water partition coefficient (Wildman–Crippen LogP) is 3.82. The second-order valence-corrected chi connectivity index (χ2v) is 8.83. The van der Waals surface area contributed by atoms with E-state index in [4.69, 9.17) is 9.47 Å². The smallest absolute Gasteiger partial charge is 0.408 e. The van der Waals surface area contributed by atoms with E-state index < -0.39 is 23.7 Å². The van der Waals surface area contributed by atoms with Gasteiger partial charge in [0.2, 0.25) is 0 Å². The quantitative estimate of drug-likeness (QED) is 0.290. The third-order valence-corrected chi connectivity index (χ3v) is 4.60. The fraction of sp³-hybridized carbons (Fsp3) is 0.625. The van der Waals surface area contributed by atoms with Gasteiger partial charge in [-0.3, -0.25) is 0 Å². The Morgan fingerprint density at radius 2 is 1.55 bits per heavy atom. The molecular weight excluding hydrogens is 426 g/mol. The average Bonchev–Trinajstić information content (AvgIpc) is 2.74. The average molecular weight is 466 g/mol. The van der Waals surface area contributed by atoms with Gasteiger partial charge in [0.05, 0.1) is 0 Å². The van der Waals surface area contributed by atoms with Crippen LogP contribution in [0.4, 0.5) is 9.59 Å². The summed E-state index contributed by atoms with van der Waals surface area (Å²) >= 11 is 0. The summed E-state index contributed by atoms with van der Waals surface area (Å²) in [7, 11) is 0. The van der Waals surface area contributed by atoms with E-state index in [1.165, 1.54) is 0 Å². The molecule has 0 heterocycles. The lowest BCUT2D eigenvalue weighted by molar-refractivity contribution is -0.139. The summed E-state index contributed by atoms with van der Waals surface area (Å²) in [5, 5.41) is 17.8. The van der Waals surface area contributed by atoms with E-state index in [1.54, 1.807) is 0 Å². The van der Waals surface area contributed by atoms with Gasteiger partial charge >= 0.3 is 18.2 Å². The minimum atomic E-state index is -1.08. The highest BCUT2D eigenvalue weighted by molar-refractivity contribution is 5.79. The molecule has 9 heteroatoms. The molecule has 0 bridgehead atoms. The van der Waals surface area contributed by atoms with Crippen LogP contribution in [0.5, 0.6) is 0 Å². The van der Waals surface area contributed by atoms with E-state index in [9.17, 15) is 19.5 Å². The van der Waals surface area contributed by atoms with E-state index in [1.807, 2.05) is 51.1 Å². The molecule has 0 aromatic heterocycles. The molecule has 186 valence electrons. The molecule has 0 spiro atoms. The van der Waals surface area contributed by atoms with Crippen LogP contribution < -0.4 is 16.0 Å². The summed E-state index contributed by atoms with van der Waals surface area (Å²) in [4.78, 5) is 34.8. The van der Waals surface area contributed by atoms with Crippen LogP contribution >= 0.6 is 0 Å². The maximum atomic E-state index is 11.9. The molecule has 1 aromatic carbocycles. The zero-order valence-electron chi connectivity index (χ0n) is 20.0. The molecule has 0 fully saturated rings. The van der Waals surface area contributed by atoms with Gasteiger partial charge in [-0.05, 0) is 65.1 Å². The number of carboxylic acid groups (broad SMARTS) is 1. The van der Waals surface area contributed by atoms with E-state index >= 15 is 0 Å². The Morgan fingerprint density at radius 1 is 0.909 bits per heavy atom. The number of nitrogens with one attached hydrogen (secondary N) is 3. The first-order valence-electron chi connectivity index (χ1n) is 11.5. The largest absolute Gasteiger partial charge is 0.480 e. The van der Waals surface area contributed by atoms with E-state index in [0.29, 0.717) is 25.9 Å². The van der Waals surface area contributed by atoms with Gasteiger partial charge in [-0.2, -0.15) is 0 Å². The summed E-state index contributed by atoms with van der Waals surface area (Å²) < 4.78 is 10.3. The van der Waals surface area contributed by atoms with Gasteiger partial charge < -0.3 is 30.5 Å². The van der Waals surface area contributed by atoms with Crippen LogP contribution in [0.15, 0.2) is 30.3 Å². The SMILES string of the molecule is CC(C)(C)OC(=O)NCCCCCCNCCC[C@H](NC(=O)OCc1ccccc1)C(=O)O. The number of ether oxygens (including phenoxy) is 2. The molecule has 4 N–H and O–H groups in total. The fourth-order valence-corrected chi connectivity index (χ4v) is 2.95. The second kappa shape index (κ2) is 15.9. The van der Waals surface area contributed by atoms with Gasteiger partial charge in [-0.25, -0.2) is 14.4 Å². The number of aliphatic carboxylic acids is 1. The zero-order valence-corrected chi connectivity index (χ0v) is 20.0. The van der Waals surface area contributed by atoms with E-state index in [-0.39, 0.29) is 12.7 Å². The van der Waals surface area contributed by atoms with Crippen LogP contribution in [0.1, 0.15) is 64.9 Å². The molecule has 0 aliphatic rings. The topological polar surface area (TPSA) is 126 Å². The molecular formula is C24H39N3O6. The Balaban J connectivity index is 2.03. The standard InChI is InChI=1S/C24H39N3O6/c1-24(2,3)33-22(30)26-17-10-5-4-9-15-25-16-11-14-20(21(28)29)27-23(31)32-18-19-12-7-6-8-13-19/h6-8,12-13,20,25H,4-5,9-11,14-18H2,1-3H3,(H,26,30)(H,27,31)(H,28,29)/t20-/m0/s1. The monoisotopic (exact) mass is 465 g/mol. The highest BCUT2D eigenvalue weighted by Crippen LogP contribution is 2.07. The maximum absolute atomic E-state index is 11.9. The molecule has 9 nitrogen and oxygen atoms in total. The molecule has 0 saturated heterocycles. The number of amides is 2. The molecule has 1 atom stereocenters. The van der Waals surface area contributed by atoms with Crippen molar-refractivity contribution in [2.75, 3.05) is 19.6 Å². The third kappa shape index (κ3) is 15.6. The molecule has 0 saturated carbocycles. The van der Waals surface area contributed by atoms with Crippen molar-refractivity contribution in [1.82, 2.24) is 16.0 Å². The van der Waals surface area contributed by atoms with Gasteiger partial charge in [-0.1, -0.05) is 43.2 Å². The van der Waals surface area contributed by atoms with Gasteiger partial charge in [-0.15, -0.1) is 0 Å². The van der Waals surface area contributed by atoms with Crippen LogP contribution in [0.2, 0.25) is 0 Å². The Labute approximate surface area is 196 Å². The Morgan fingerprint density at radius 3 is 2.18 bits per heavy atom. The number of rotatable bonds is 15. The number of carbonyl (C=O) groups excluding carboxylic acids is 2. The summed E-state index contributed by atoms with van der Waals surface area (Å²) in [6, 6.07) is 8.22. The Kier molecular flexibility index (Phi) is 13.6. The summed E-state index contributed by atoms with van der Waals surface area (Å²) in [5.41, 5.74) is 0.352. The van der Waals surface area contributed by atoms with Crippen LogP contribution in [0.25, 0.3) is 0 Å². The number of benzene rings is 1. The highest BCUT2D eigenvalue weighted by Gasteiger charge is 2.20. The van der Waals surface area contributed by atoms with Crippen molar-refractivity contribution < 1.29 is 29.0 Å². The van der Waals surface area contributed by atoms with Crippen LogP contribution in [-0.4, -0.2) is 54.5 Å². The van der Waals surface area contributed by atoms with Crippen molar-refractivity contribution in [2.45, 2.75) is 77.5 Å². The maximum Gasteiger partial charge on any atom is 0.408 e. The van der Waals surface area contributed by atoms with Crippen molar-refractivity contribution in [1.29, 1.82) is 0 Å². The van der Waals surface area contributed by atoms with Crippen LogP contribution in [0.3, 0.4) is 0 Å². The molecule has 1 aromatic rings. The first-order valence-corrected chi connectivity index (χ1v) is 11.5. The van der Waals surface area contributed by atoms with Crippen LogP contribution in [0, 0.1) is 0 Å². The second-order valence-electron chi connectivity index (χ2n) is 8.83. The predicted molar refractivity (Wildman–Crippen MR) is 126 cm³/mol. The third-order valence-electron chi connectivity index (χ3n) is 4.60. The number of hydrogen-bond donors (Lipinski definition) is 4. The van der Waals surface area contributed by atoms with Gasteiger partial charge in [0.1, 0.15) is 18.2 Å². The molecule has 2 amide bonds. The lowest BCUT2D eigenvalue weighted by Crippen LogP contribution is -2.41. The first-order chi connectivity index (χ1) is 15.7. The van der Waals surface area contributed by atoms with E-state index in [2.05, 4.69) is 16.0 Å². The van der Waals surface area contributed by atoms with Crippen molar-refractivity contribution in [3.8, 4) is 0 Å². The number of alkyl carbamates (subject to hydrolysis) is 2. The molecule has 0 radical (unpaired) electrons. The molecule has 0 aliphatic heterocycles. The van der Waals surface area contributed by atoms with Crippen molar-refractivity contribution >= 4 is 18.2 Å². The Hall–Kier alpha value is -2.81. The lowest BCUT2D eigenvalue weighted by Gasteiger charge is -2.19. The number of unbranched alkanes of at least 4 members (excludes halogenated alkanes) is 3. The zero-order chi connectivity index (χ0) is 24.5. The highest BCUT2D eigenvalue weighted by atomic mass is 16.6. The summed E-state index contributed by atoms with van der Waals surface area (Å²) in [6.07, 6.45) is 3.76. The number of carbonyl (C=O) groups is 3. The molecule has 1 rings (SSSR count). The summed E-state index contributed by atoms with van der Waals surface area (Å²) in [5.74, 6) is -1.08. The van der Waals surface area contributed by atoms with Crippen molar-refractivity contribution in [3.05, 3.63) is 35.9 Å². The fourth-order valence-electron chi connectivity index (χ4n) is 2.95. The first kappa shape index (κ1) is 28.2. The molecule has 0 aliphatic carbocycles. The summed E-state index contributed by atoms with van der Waals surface area (Å²) in [6.45, 7) is 7.70. The van der Waals surface area contributed by atoms with E-state index in [0.717, 1.165) is 37.8 Å². The lowest BCUT2D eigenvalue weighted by atomic mass is 10.1. The van der Waals surface area contributed by atoms with Crippen molar-refractivity contribution in [2.24, 2.45) is 0 Å². The minimum absolute atomic E-state index is 0.0949. The molecule has 33 heavy (non-hydrogen) atoms. The molecule has 0 unspecified atom stereocenters. The minimum Gasteiger partial charge on any atom is -0.480 e. The Bertz CT molecular complexity index is 706. The number of carboxylic acids is 1. The van der Waals surface area contributed by atoms with Gasteiger partial charge in [0.25, 0.3) is 0 Å². The normalized spacial score (nSPS) is 12.0. The van der Waals surface area contributed by atoms with Crippen molar-refractivity contribution in [3.63, 3.8) is 0 Å². The van der Waals surface area contributed by atoms with Gasteiger partial charge in [0, 0.05) is 6.54 Å². The van der Waals surface area contributed by atoms with Gasteiger partial charge in [0.15, 0.2) is 0 Å². The van der Waals surface area contributed by atoms with Crippen LogP contribution in [-0.2, 0) is 20.9 Å².